The SMILES string of the molecule is CC.CC(=O)C(NC(=O)CC1CCOCC1)C1CCCCC1. The monoisotopic (exact) mass is 311 g/mol. The summed E-state index contributed by atoms with van der Waals surface area (Å²) in [6.07, 6.45) is 8.23. The third kappa shape index (κ3) is 6.47. The minimum Gasteiger partial charge on any atom is -0.381 e. The first-order chi connectivity index (χ1) is 10.7. The summed E-state index contributed by atoms with van der Waals surface area (Å²) in [6.45, 7) is 7.13. The highest BCUT2D eigenvalue weighted by Crippen LogP contribution is 2.27. The number of hydrogen-bond acceptors (Lipinski definition) is 3. The van der Waals surface area contributed by atoms with Crippen molar-refractivity contribution in [1.82, 2.24) is 5.32 Å². The Balaban J connectivity index is 0.00000116. The summed E-state index contributed by atoms with van der Waals surface area (Å²) in [5, 5.41) is 3.00. The van der Waals surface area contributed by atoms with Crippen molar-refractivity contribution in [3.63, 3.8) is 0 Å². The minimum atomic E-state index is -0.261. The molecule has 1 aliphatic heterocycles. The fraction of sp³-hybridized carbons (Fsp3) is 0.889. The van der Waals surface area contributed by atoms with Gasteiger partial charge in [0.25, 0.3) is 0 Å². The van der Waals surface area contributed by atoms with Gasteiger partial charge in [-0.25, -0.2) is 0 Å². The lowest BCUT2D eigenvalue weighted by Gasteiger charge is -2.30. The van der Waals surface area contributed by atoms with Crippen LogP contribution in [-0.2, 0) is 14.3 Å². The van der Waals surface area contributed by atoms with E-state index in [1.807, 2.05) is 13.8 Å². The topological polar surface area (TPSA) is 55.4 Å². The predicted octanol–water partition coefficient (Wildman–Crippen LogP) is 3.48. The quantitative estimate of drug-likeness (QED) is 0.845. The van der Waals surface area contributed by atoms with Gasteiger partial charge in [0.1, 0.15) is 0 Å². The van der Waals surface area contributed by atoms with Gasteiger partial charge in [0, 0.05) is 19.6 Å². The van der Waals surface area contributed by atoms with Gasteiger partial charge in [-0.1, -0.05) is 33.1 Å². The first kappa shape index (κ1) is 19.1. The number of carbonyl (C=O) groups excluding carboxylic acids is 2. The highest BCUT2D eigenvalue weighted by Gasteiger charge is 2.29. The molecule has 2 rings (SSSR count). The third-order valence-corrected chi connectivity index (χ3v) is 4.69. The normalized spacial score (nSPS) is 21.4. The number of ether oxygens (including phenoxy) is 1. The smallest absolute Gasteiger partial charge is 0.220 e. The highest BCUT2D eigenvalue weighted by molar-refractivity contribution is 5.87. The number of ketones is 1. The van der Waals surface area contributed by atoms with Crippen LogP contribution in [0.3, 0.4) is 0 Å². The molecule has 1 aliphatic carbocycles. The maximum Gasteiger partial charge on any atom is 0.220 e. The Kier molecular flexibility index (Phi) is 9.37. The van der Waals surface area contributed by atoms with Gasteiger partial charge >= 0.3 is 0 Å². The van der Waals surface area contributed by atoms with Crippen LogP contribution < -0.4 is 5.32 Å². The molecule has 128 valence electrons. The van der Waals surface area contributed by atoms with E-state index >= 15 is 0 Å². The van der Waals surface area contributed by atoms with Crippen LogP contribution >= 0.6 is 0 Å². The summed E-state index contributed by atoms with van der Waals surface area (Å²) in [4.78, 5) is 24.0. The number of hydrogen-bond donors (Lipinski definition) is 1. The molecule has 0 aromatic rings. The van der Waals surface area contributed by atoms with Crippen molar-refractivity contribution in [2.24, 2.45) is 11.8 Å². The number of Topliss-reactive ketones (excluding diaryl/α,β-unsaturated/α-hetero) is 1. The fourth-order valence-corrected chi connectivity index (χ4v) is 3.46. The molecular formula is C18H33NO3. The fourth-order valence-electron chi connectivity index (χ4n) is 3.46. The minimum absolute atomic E-state index is 0.0441. The van der Waals surface area contributed by atoms with Crippen LogP contribution in [0, 0.1) is 11.8 Å². The first-order valence-electron chi connectivity index (χ1n) is 9.04. The molecule has 22 heavy (non-hydrogen) atoms. The average Bonchev–Trinajstić information content (AvgIpc) is 2.56. The summed E-state index contributed by atoms with van der Waals surface area (Å²) in [5.74, 6) is 0.919. The van der Waals surface area contributed by atoms with Crippen molar-refractivity contribution >= 4 is 11.7 Å². The Labute approximate surface area is 135 Å². The van der Waals surface area contributed by atoms with E-state index in [0.29, 0.717) is 18.3 Å². The highest BCUT2D eigenvalue weighted by atomic mass is 16.5. The van der Waals surface area contributed by atoms with Gasteiger partial charge in [-0.15, -0.1) is 0 Å². The summed E-state index contributed by atoms with van der Waals surface area (Å²) in [7, 11) is 0. The number of nitrogens with one attached hydrogen (secondary N) is 1. The average molecular weight is 311 g/mol. The Morgan fingerprint density at radius 1 is 1.05 bits per heavy atom. The molecule has 4 nitrogen and oxygen atoms in total. The van der Waals surface area contributed by atoms with E-state index in [1.165, 1.54) is 19.3 Å². The Morgan fingerprint density at radius 3 is 2.18 bits per heavy atom. The zero-order chi connectivity index (χ0) is 16.4. The lowest BCUT2D eigenvalue weighted by atomic mass is 9.82. The van der Waals surface area contributed by atoms with Gasteiger partial charge < -0.3 is 10.1 Å². The van der Waals surface area contributed by atoms with Crippen LogP contribution in [0.2, 0.25) is 0 Å². The predicted molar refractivity (Wildman–Crippen MR) is 88.7 cm³/mol. The molecular weight excluding hydrogens is 278 g/mol. The molecule has 2 fully saturated rings. The van der Waals surface area contributed by atoms with Crippen molar-refractivity contribution in [1.29, 1.82) is 0 Å². The Bertz CT molecular complexity index is 331. The van der Waals surface area contributed by atoms with Gasteiger partial charge in [-0.05, 0) is 44.4 Å². The van der Waals surface area contributed by atoms with Gasteiger partial charge in [0.2, 0.25) is 5.91 Å². The molecule has 1 heterocycles. The summed E-state index contributed by atoms with van der Waals surface area (Å²) in [5.41, 5.74) is 0. The molecule has 1 atom stereocenters. The van der Waals surface area contributed by atoms with Crippen molar-refractivity contribution in [3.8, 4) is 0 Å². The molecule has 0 aromatic carbocycles. The van der Waals surface area contributed by atoms with Crippen LogP contribution in [0.15, 0.2) is 0 Å². The van der Waals surface area contributed by atoms with Gasteiger partial charge in [0.15, 0.2) is 5.78 Å². The van der Waals surface area contributed by atoms with Crippen molar-refractivity contribution in [2.75, 3.05) is 13.2 Å². The van der Waals surface area contributed by atoms with Gasteiger partial charge in [-0.2, -0.15) is 0 Å². The van der Waals surface area contributed by atoms with Crippen LogP contribution in [0.5, 0.6) is 0 Å². The molecule has 1 amide bonds. The molecule has 0 spiro atoms. The third-order valence-electron chi connectivity index (χ3n) is 4.69. The maximum atomic E-state index is 12.2. The van der Waals surface area contributed by atoms with E-state index in [1.54, 1.807) is 6.92 Å². The first-order valence-corrected chi connectivity index (χ1v) is 9.04. The summed E-state index contributed by atoms with van der Waals surface area (Å²) in [6, 6.07) is -0.261. The molecule has 2 aliphatic rings. The number of rotatable bonds is 5. The molecule has 1 unspecified atom stereocenters. The second-order valence-electron chi connectivity index (χ2n) is 6.31. The molecule has 1 saturated heterocycles. The molecule has 1 N–H and O–H groups in total. The van der Waals surface area contributed by atoms with Crippen LogP contribution in [0.25, 0.3) is 0 Å². The van der Waals surface area contributed by atoms with E-state index in [-0.39, 0.29) is 17.7 Å². The second-order valence-corrected chi connectivity index (χ2v) is 6.31. The Morgan fingerprint density at radius 2 is 1.64 bits per heavy atom. The molecule has 0 radical (unpaired) electrons. The van der Waals surface area contributed by atoms with Crippen molar-refractivity contribution in [2.45, 2.75) is 78.2 Å². The largest absolute Gasteiger partial charge is 0.381 e. The molecule has 0 aromatic heterocycles. The lowest BCUT2D eigenvalue weighted by molar-refractivity contribution is -0.129. The second kappa shape index (κ2) is 10.8. The van der Waals surface area contributed by atoms with Crippen molar-refractivity contribution in [3.05, 3.63) is 0 Å². The summed E-state index contributed by atoms with van der Waals surface area (Å²) >= 11 is 0. The van der Waals surface area contributed by atoms with E-state index in [9.17, 15) is 9.59 Å². The lowest BCUT2D eigenvalue weighted by Crippen LogP contribution is -2.46. The van der Waals surface area contributed by atoms with E-state index < -0.39 is 0 Å². The van der Waals surface area contributed by atoms with Gasteiger partial charge in [0.05, 0.1) is 6.04 Å². The van der Waals surface area contributed by atoms with E-state index in [2.05, 4.69) is 5.32 Å². The Hall–Kier alpha value is -0.900. The van der Waals surface area contributed by atoms with E-state index in [0.717, 1.165) is 38.9 Å². The maximum absolute atomic E-state index is 12.2. The molecule has 4 heteroatoms. The molecule has 0 bridgehead atoms. The number of carbonyl (C=O) groups is 2. The van der Waals surface area contributed by atoms with E-state index in [4.69, 9.17) is 4.74 Å². The van der Waals surface area contributed by atoms with Crippen LogP contribution in [0.1, 0.15) is 72.1 Å². The summed E-state index contributed by atoms with van der Waals surface area (Å²) < 4.78 is 5.31. The molecule has 1 saturated carbocycles. The zero-order valence-corrected chi connectivity index (χ0v) is 14.5. The standard InChI is InChI=1S/C16H27NO3.C2H6/c1-12(18)16(14-5-3-2-4-6-14)17-15(19)11-13-7-9-20-10-8-13;1-2/h13-14,16H,2-11H2,1H3,(H,17,19);1-2H3. The number of amides is 1. The van der Waals surface area contributed by atoms with Crippen LogP contribution in [-0.4, -0.2) is 30.9 Å². The van der Waals surface area contributed by atoms with Crippen LogP contribution in [0.4, 0.5) is 0 Å². The van der Waals surface area contributed by atoms with Crippen molar-refractivity contribution < 1.29 is 14.3 Å². The zero-order valence-electron chi connectivity index (χ0n) is 14.5. The van der Waals surface area contributed by atoms with Gasteiger partial charge in [-0.3, -0.25) is 9.59 Å².